The highest BCUT2D eigenvalue weighted by Crippen LogP contribution is 2.41. The zero-order valence-electron chi connectivity index (χ0n) is 16.8. The average molecular weight is 388 g/mol. The maximum absolute atomic E-state index is 10.9. The summed E-state index contributed by atoms with van der Waals surface area (Å²) in [7, 11) is 0. The lowest BCUT2D eigenvalue weighted by molar-refractivity contribution is 0.423. The molecule has 1 heterocycles. The molecule has 0 aliphatic carbocycles. The first kappa shape index (κ1) is 20.9. The number of rotatable bonds is 3. The molecule has 1 aromatic heterocycles. The quantitative estimate of drug-likeness (QED) is 0.605. The summed E-state index contributed by atoms with van der Waals surface area (Å²) in [5.74, 6) is 0.388. The highest BCUT2D eigenvalue weighted by Gasteiger charge is 2.27. The van der Waals surface area contributed by atoms with Gasteiger partial charge >= 0.3 is 0 Å². The summed E-state index contributed by atoms with van der Waals surface area (Å²) in [5.41, 5.74) is 3.58. The van der Waals surface area contributed by atoms with Crippen LogP contribution in [0.2, 0.25) is 0 Å². The van der Waals surface area contributed by atoms with E-state index in [1.54, 1.807) is 11.8 Å². The van der Waals surface area contributed by atoms with Gasteiger partial charge in [-0.1, -0.05) is 59.8 Å². The second kappa shape index (κ2) is 7.69. The molecule has 0 aliphatic heterocycles. The van der Waals surface area contributed by atoms with Crippen molar-refractivity contribution in [3.05, 3.63) is 58.9 Å². The van der Waals surface area contributed by atoms with Crippen molar-refractivity contribution in [1.29, 1.82) is 0 Å². The molecule has 4 heteroatoms. The molecule has 2 nitrogen and oxygen atoms in total. The summed E-state index contributed by atoms with van der Waals surface area (Å²) >= 11 is 7.40. The second-order valence-electron chi connectivity index (χ2n) is 8.72. The number of aromatic nitrogens is 1. The zero-order chi connectivity index (χ0) is 19.7. The largest absolute Gasteiger partial charge is 0.507 e. The molecule has 2 rings (SSSR count). The van der Waals surface area contributed by atoms with E-state index in [2.05, 4.69) is 53.5 Å². The number of phenols is 1. The molecule has 1 N–H and O–H groups in total. The number of thiocarbonyl (C=S) groups is 1. The third-order valence-corrected chi connectivity index (χ3v) is 5.92. The van der Waals surface area contributed by atoms with Gasteiger partial charge in [0, 0.05) is 22.6 Å². The highest BCUT2D eigenvalue weighted by atomic mass is 32.2. The van der Waals surface area contributed by atoms with E-state index in [0.29, 0.717) is 5.75 Å². The minimum absolute atomic E-state index is 0.160. The molecule has 0 spiro atoms. The summed E-state index contributed by atoms with van der Waals surface area (Å²) in [6, 6.07) is 10.0. The molecule has 140 valence electrons. The first-order valence-electron chi connectivity index (χ1n) is 8.91. The summed E-state index contributed by atoms with van der Waals surface area (Å²) in [6.45, 7) is 14.8. The smallest absolute Gasteiger partial charge is 0.123 e. The summed E-state index contributed by atoms with van der Waals surface area (Å²) in [4.78, 5) is 4.43. The minimum atomic E-state index is -0.160. The Labute approximate surface area is 167 Å². The van der Waals surface area contributed by atoms with Crippen LogP contribution in [0.25, 0.3) is 0 Å². The molecule has 0 saturated carbocycles. The van der Waals surface area contributed by atoms with Crippen LogP contribution in [0, 0.1) is 0 Å². The normalized spacial score (nSPS) is 13.5. The van der Waals surface area contributed by atoms with Crippen LogP contribution >= 0.6 is 24.0 Å². The standard InChI is InChI=1S/C22H29NOS2/c1-14(18-10-8-9-11-23-18)26-20(25)15-12-16(21(2,3)4)19(24)17(13-15)22(5,6)7/h8-14,24H,1-7H3. The number of phenolic OH excluding ortho intramolecular Hbond substituents is 1. The Hall–Kier alpha value is -1.39. The molecule has 0 radical (unpaired) electrons. The zero-order valence-corrected chi connectivity index (χ0v) is 18.4. The fourth-order valence-electron chi connectivity index (χ4n) is 2.80. The van der Waals surface area contributed by atoms with Gasteiger partial charge in [-0.3, -0.25) is 4.98 Å². The molecular formula is C22H29NOS2. The fraction of sp³-hybridized carbons (Fsp3) is 0.455. The van der Waals surface area contributed by atoms with Gasteiger partial charge in [-0.25, -0.2) is 0 Å². The Balaban J connectivity index is 2.43. The van der Waals surface area contributed by atoms with Crippen molar-refractivity contribution >= 4 is 28.2 Å². The summed E-state index contributed by atoms with van der Waals surface area (Å²) in [6.07, 6.45) is 1.81. The van der Waals surface area contributed by atoms with E-state index < -0.39 is 0 Å². The van der Waals surface area contributed by atoms with Crippen LogP contribution < -0.4 is 0 Å². The molecule has 0 bridgehead atoms. The van der Waals surface area contributed by atoms with Gasteiger partial charge < -0.3 is 5.11 Å². The predicted molar refractivity (Wildman–Crippen MR) is 117 cm³/mol. The van der Waals surface area contributed by atoms with E-state index in [0.717, 1.165) is 26.6 Å². The van der Waals surface area contributed by atoms with E-state index in [-0.39, 0.29) is 16.1 Å². The number of hydrogen-bond acceptors (Lipinski definition) is 4. The fourth-order valence-corrected chi connectivity index (χ4v) is 4.19. The van der Waals surface area contributed by atoms with Crippen LogP contribution in [-0.4, -0.2) is 14.3 Å². The van der Waals surface area contributed by atoms with Gasteiger partial charge in [0.25, 0.3) is 0 Å². The SMILES string of the molecule is CC(SC(=S)c1cc(C(C)(C)C)c(O)c(C(C)(C)C)c1)c1ccccn1. The molecule has 2 aromatic rings. The first-order chi connectivity index (χ1) is 11.9. The molecule has 1 atom stereocenters. The average Bonchev–Trinajstić information content (AvgIpc) is 2.53. The molecular weight excluding hydrogens is 358 g/mol. The van der Waals surface area contributed by atoms with Crippen LogP contribution in [-0.2, 0) is 10.8 Å². The molecule has 1 unspecified atom stereocenters. The molecule has 0 saturated heterocycles. The van der Waals surface area contributed by atoms with Gasteiger partial charge in [-0.05, 0) is 47.6 Å². The van der Waals surface area contributed by atoms with Crippen LogP contribution in [0.1, 0.15) is 76.1 Å². The van der Waals surface area contributed by atoms with E-state index >= 15 is 0 Å². The molecule has 0 amide bonds. The molecule has 0 aliphatic rings. The Morgan fingerprint density at radius 3 is 2.00 bits per heavy atom. The lowest BCUT2D eigenvalue weighted by atomic mass is 9.78. The topological polar surface area (TPSA) is 33.1 Å². The number of thioether (sulfide) groups is 1. The number of pyridine rings is 1. The maximum atomic E-state index is 10.9. The van der Waals surface area contributed by atoms with Gasteiger partial charge in [0.1, 0.15) is 5.75 Å². The highest BCUT2D eigenvalue weighted by molar-refractivity contribution is 8.23. The monoisotopic (exact) mass is 387 g/mol. The molecule has 26 heavy (non-hydrogen) atoms. The van der Waals surface area contributed by atoms with Gasteiger partial charge in [0.05, 0.1) is 9.89 Å². The Morgan fingerprint density at radius 2 is 1.58 bits per heavy atom. The molecule has 0 fully saturated rings. The van der Waals surface area contributed by atoms with Crippen molar-refractivity contribution in [2.75, 3.05) is 0 Å². The van der Waals surface area contributed by atoms with Crippen molar-refractivity contribution in [3.63, 3.8) is 0 Å². The maximum Gasteiger partial charge on any atom is 0.123 e. The van der Waals surface area contributed by atoms with Gasteiger partial charge in [0.2, 0.25) is 0 Å². The lowest BCUT2D eigenvalue weighted by Crippen LogP contribution is -2.18. The van der Waals surface area contributed by atoms with Crippen molar-refractivity contribution in [1.82, 2.24) is 4.98 Å². The third kappa shape index (κ3) is 4.86. The number of nitrogens with zero attached hydrogens (tertiary/aromatic N) is 1. The van der Waals surface area contributed by atoms with Crippen LogP contribution in [0.3, 0.4) is 0 Å². The Kier molecular flexibility index (Phi) is 6.19. The lowest BCUT2D eigenvalue weighted by Gasteiger charge is -2.28. The number of aromatic hydroxyl groups is 1. The van der Waals surface area contributed by atoms with E-state index in [1.807, 2.05) is 36.5 Å². The van der Waals surface area contributed by atoms with E-state index in [1.165, 1.54) is 0 Å². The Morgan fingerprint density at radius 1 is 1.04 bits per heavy atom. The number of hydrogen-bond donors (Lipinski definition) is 1. The van der Waals surface area contributed by atoms with Gasteiger partial charge in [-0.15, -0.1) is 11.8 Å². The van der Waals surface area contributed by atoms with E-state index in [9.17, 15) is 5.11 Å². The first-order valence-corrected chi connectivity index (χ1v) is 10.2. The second-order valence-corrected chi connectivity index (χ2v) is 10.7. The predicted octanol–water partition coefficient (Wildman–Crippen LogP) is 6.55. The van der Waals surface area contributed by atoms with E-state index in [4.69, 9.17) is 12.2 Å². The van der Waals surface area contributed by atoms with Gasteiger partial charge in [-0.2, -0.15) is 0 Å². The molecule has 1 aromatic carbocycles. The van der Waals surface area contributed by atoms with Crippen molar-refractivity contribution in [3.8, 4) is 5.75 Å². The summed E-state index contributed by atoms with van der Waals surface area (Å²) < 4.78 is 0.833. The van der Waals surface area contributed by atoms with Gasteiger partial charge in [0.15, 0.2) is 0 Å². The Bertz CT molecular complexity index is 751. The minimum Gasteiger partial charge on any atom is -0.507 e. The van der Waals surface area contributed by atoms with Crippen LogP contribution in [0.4, 0.5) is 0 Å². The van der Waals surface area contributed by atoms with Crippen molar-refractivity contribution in [2.24, 2.45) is 0 Å². The van der Waals surface area contributed by atoms with Crippen molar-refractivity contribution < 1.29 is 5.11 Å². The van der Waals surface area contributed by atoms with Crippen molar-refractivity contribution in [2.45, 2.75) is 64.5 Å². The third-order valence-electron chi connectivity index (χ3n) is 4.35. The summed E-state index contributed by atoms with van der Waals surface area (Å²) in [5, 5.41) is 11.0. The van der Waals surface area contributed by atoms with Crippen LogP contribution in [0.15, 0.2) is 36.5 Å². The van der Waals surface area contributed by atoms with Crippen LogP contribution in [0.5, 0.6) is 5.75 Å². The number of benzene rings is 1.